The molecule has 0 unspecified atom stereocenters. The average Bonchev–Trinajstić information content (AvgIpc) is 2.86. The fourth-order valence-corrected chi connectivity index (χ4v) is 2.03. The Morgan fingerprint density at radius 2 is 2.27 bits per heavy atom. The van der Waals surface area contributed by atoms with Crippen LogP contribution < -0.4 is 0 Å². The Labute approximate surface area is 95.5 Å². The molecule has 8 heteroatoms. The molecule has 80 valence electrons. The third kappa shape index (κ3) is 2.20. The minimum absolute atomic E-state index is 0.0220. The molecule has 0 aliphatic heterocycles. The van der Waals surface area contributed by atoms with Crippen LogP contribution in [-0.4, -0.2) is 15.2 Å². The van der Waals surface area contributed by atoms with E-state index >= 15 is 0 Å². The van der Waals surface area contributed by atoms with Crippen molar-refractivity contribution in [2.45, 2.75) is 11.8 Å². The largest absolute Gasteiger partial charge is 0.414 e. The van der Waals surface area contributed by atoms with Gasteiger partial charge < -0.3 is 4.42 Å². The molecule has 2 aromatic rings. The van der Waals surface area contributed by atoms with E-state index in [1.165, 1.54) is 11.3 Å². The molecule has 0 saturated carbocycles. The molecular formula is C7H4BrF2N3OS. The van der Waals surface area contributed by atoms with Gasteiger partial charge in [-0.1, -0.05) is 15.9 Å². The number of aromatic nitrogens is 3. The van der Waals surface area contributed by atoms with Crippen LogP contribution in [0, 0.1) is 0 Å². The monoisotopic (exact) mass is 295 g/mol. The number of nitrogens with zero attached hydrogens (tertiary/aromatic N) is 3. The summed E-state index contributed by atoms with van der Waals surface area (Å²) in [5.41, 5.74) is 0.425. The van der Waals surface area contributed by atoms with Gasteiger partial charge in [0.1, 0.15) is 10.7 Å². The summed E-state index contributed by atoms with van der Waals surface area (Å²) in [6.07, 6.45) is -2.75. The summed E-state index contributed by atoms with van der Waals surface area (Å²) in [6.45, 7) is 0. The van der Waals surface area contributed by atoms with E-state index in [1.807, 2.05) is 0 Å². The Kier molecular flexibility index (Phi) is 3.06. The molecule has 0 N–H and O–H groups in total. The molecule has 2 rings (SSSR count). The van der Waals surface area contributed by atoms with E-state index in [-0.39, 0.29) is 5.89 Å². The topological polar surface area (TPSA) is 51.8 Å². The van der Waals surface area contributed by atoms with E-state index in [0.717, 1.165) is 5.01 Å². The minimum atomic E-state index is -2.75. The van der Waals surface area contributed by atoms with E-state index in [0.29, 0.717) is 11.0 Å². The van der Waals surface area contributed by atoms with Gasteiger partial charge in [0.25, 0.3) is 11.8 Å². The first-order valence-electron chi connectivity index (χ1n) is 3.83. The third-order valence-electron chi connectivity index (χ3n) is 1.51. The maximum absolute atomic E-state index is 12.1. The van der Waals surface area contributed by atoms with Crippen molar-refractivity contribution < 1.29 is 13.2 Å². The van der Waals surface area contributed by atoms with Gasteiger partial charge in [-0.2, -0.15) is 8.78 Å². The molecule has 0 atom stereocenters. The number of hydrogen-bond donors (Lipinski definition) is 0. The van der Waals surface area contributed by atoms with Crippen molar-refractivity contribution >= 4 is 27.3 Å². The Hall–Kier alpha value is -0.890. The standard InChI is InChI=1S/C7H4BrF2N3OS/c8-1-4-11-3(2-15-4)6-12-13-7(14-6)5(9)10/h2,5H,1H2. The molecule has 0 amide bonds. The highest BCUT2D eigenvalue weighted by atomic mass is 79.9. The molecule has 0 aromatic carbocycles. The van der Waals surface area contributed by atoms with Crippen LogP contribution in [0.3, 0.4) is 0 Å². The van der Waals surface area contributed by atoms with Crippen molar-refractivity contribution in [3.63, 3.8) is 0 Å². The summed E-state index contributed by atoms with van der Waals surface area (Å²) in [6, 6.07) is 0. The minimum Gasteiger partial charge on any atom is -0.414 e. The fraction of sp³-hybridized carbons (Fsp3) is 0.286. The van der Waals surface area contributed by atoms with Crippen LogP contribution in [0.2, 0.25) is 0 Å². The van der Waals surface area contributed by atoms with E-state index in [4.69, 9.17) is 4.42 Å². The molecule has 0 radical (unpaired) electrons. The number of thiazole rings is 1. The van der Waals surface area contributed by atoms with Crippen LogP contribution in [0.1, 0.15) is 17.3 Å². The number of alkyl halides is 3. The van der Waals surface area contributed by atoms with Crippen LogP contribution in [0.4, 0.5) is 8.78 Å². The molecule has 2 aromatic heterocycles. The molecule has 15 heavy (non-hydrogen) atoms. The van der Waals surface area contributed by atoms with Crippen LogP contribution in [0.25, 0.3) is 11.6 Å². The number of halogens is 3. The normalized spacial score (nSPS) is 11.2. The van der Waals surface area contributed by atoms with E-state index < -0.39 is 12.3 Å². The Balaban J connectivity index is 2.28. The summed E-state index contributed by atoms with van der Waals surface area (Å²) < 4.78 is 29.0. The zero-order valence-electron chi connectivity index (χ0n) is 7.15. The average molecular weight is 296 g/mol. The van der Waals surface area contributed by atoms with Gasteiger partial charge in [0, 0.05) is 5.38 Å². The van der Waals surface area contributed by atoms with Gasteiger partial charge in [-0.25, -0.2) is 4.98 Å². The summed E-state index contributed by atoms with van der Waals surface area (Å²) in [4.78, 5) is 4.10. The quantitative estimate of drug-likeness (QED) is 0.817. The predicted molar refractivity (Wildman–Crippen MR) is 53.0 cm³/mol. The van der Waals surface area contributed by atoms with Gasteiger partial charge in [-0.05, 0) is 0 Å². The van der Waals surface area contributed by atoms with Crippen molar-refractivity contribution in [1.29, 1.82) is 0 Å². The molecule has 0 aliphatic carbocycles. The summed E-state index contributed by atoms with van der Waals surface area (Å²) in [5.74, 6) is -0.660. The van der Waals surface area contributed by atoms with Crippen molar-refractivity contribution in [2.75, 3.05) is 0 Å². The lowest BCUT2D eigenvalue weighted by molar-refractivity contribution is 0.116. The lowest BCUT2D eigenvalue weighted by Gasteiger charge is -1.87. The van der Waals surface area contributed by atoms with E-state index in [1.54, 1.807) is 5.38 Å². The first-order valence-corrected chi connectivity index (χ1v) is 5.83. The first-order chi connectivity index (χ1) is 7.20. The second kappa shape index (κ2) is 4.31. The SMILES string of the molecule is FC(F)c1nnc(-c2csc(CBr)n2)o1. The number of hydrogen-bond acceptors (Lipinski definition) is 5. The molecule has 2 heterocycles. The van der Waals surface area contributed by atoms with Crippen molar-refractivity contribution in [1.82, 2.24) is 15.2 Å². The second-order valence-corrected chi connectivity index (χ2v) is 4.01. The summed E-state index contributed by atoms with van der Waals surface area (Å²) in [5, 5.41) is 9.81. The maximum atomic E-state index is 12.1. The van der Waals surface area contributed by atoms with Crippen LogP contribution in [0.5, 0.6) is 0 Å². The van der Waals surface area contributed by atoms with E-state index in [2.05, 4.69) is 31.1 Å². The molecule has 0 spiro atoms. The van der Waals surface area contributed by atoms with Crippen LogP contribution in [0.15, 0.2) is 9.80 Å². The fourth-order valence-electron chi connectivity index (χ4n) is 0.897. The zero-order chi connectivity index (χ0) is 10.8. The third-order valence-corrected chi connectivity index (χ3v) is 3.26. The maximum Gasteiger partial charge on any atom is 0.314 e. The van der Waals surface area contributed by atoms with Gasteiger partial charge in [-0.15, -0.1) is 21.5 Å². The highest BCUT2D eigenvalue weighted by Gasteiger charge is 2.18. The van der Waals surface area contributed by atoms with Gasteiger partial charge in [0.05, 0.1) is 5.33 Å². The zero-order valence-corrected chi connectivity index (χ0v) is 9.56. The second-order valence-electron chi connectivity index (χ2n) is 2.51. The van der Waals surface area contributed by atoms with Crippen LogP contribution >= 0.6 is 27.3 Å². The molecular weight excluding hydrogens is 292 g/mol. The van der Waals surface area contributed by atoms with Gasteiger partial charge >= 0.3 is 6.43 Å². The van der Waals surface area contributed by atoms with Gasteiger partial charge in [-0.3, -0.25) is 0 Å². The summed E-state index contributed by atoms with van der Waals surface area (Å²) >= 11 is 4.62. The molecule has 0 saturated heterocycles. The Morgan fingerprint density at radius 3 is 2.80 bits per heavy atom. The Bertz CT molecular complexity index is 459. The number of rotatable bonds is 3. The molecule has 0 aliphatic rings. The van der Waals surface area contributed by atoms with Gasteiger partial charge in [0.2, 0.25) is 0 Å². The lowest BCUT2D eigenvalue weighted by atomic mass is 10.5. The van der Waals surface area contributed by atoms with Gasteiger partial charge in [0.15, 0.2) is 0 Å². The smallest absolute Gasteiger partial charge is 0.314 e. The van der Waals surface area contributed by atoms with Crippen molar-refractivity contribution in [3.8, 4) is 11.6 Å². The molecule has 4 nitrogen and oxygen atoms in total. The predicted octanol–water partition coefficient (Wildman–Crippen LogP) is 3.03. The first kappa shape index (κ1) is 10.6. The highest BCUT2D eigenvalue weighted by molar-refractivity contribution is 9.08. The summed E-state index contributed by atoms with van der Waals surface area (Å²) in [7, 11) is 0. The van der Waals surface area contributed by atoms with Crippen molar-refractivity contribution in [3.05, 3.63) is 16.3 Å². The molecule has 0 fully saturated rings. The van der Waals surface area contributed by atoms with Crippen LogP contribution in [-0.2, 0) is 5.33 Å². The van der Waals surface area contributed by atoms with E-state index in [9.17, 15) is 8.78 Å². The Morgan fingerprint density at radius 1 is 1.47 bits per heavy atom. The lowest BCUT2D eigenvalue weighted by Crippen LogP contribution is -1.81. The highest BCUT2D eigenvalue weighted by Crippen LogP contribution is 2.25. The molecule has 0 bridgehead atoms. The van der Waals surface area contributed by atoms with Crippen molar-refractivity contribution in [2.24, 2.45) is 0 Å².